The second-order valence-corrected chi connectivity index (χ2v) is 3.44. The Bertz CT molecular complexity index is 538. The largest absolute Gasteiger partial charge is 0.497 e. The predicted octanol–water partition coefficient (Wildman–Crippen LogP) is 2.24. The van der Waals surface area contributed by atoms with Crippen LogP contribution in [0.4, 0.5) is 5.69 Å². The lowest BCUT2D eigenvalue weighted by atomic mass is 10.3. The third kappa shape index (κ3) is 3.04. The first kappa shape index (κ1) is 12.0. The fourth-order valence-electron chi connectivity index (χ4n) is 1.33. The standard InChI is InChI=1S/C13H13N3O2/c1-17-12-5-3-4-10(6-12)14-7-11-8-16-13(18-2)9-15-11/h3-9H,1-2H3/b14-7-. The molecule has 1 heterocycles. The van der Waals surface area contributed by atoms with Gasteiger partial charge in [-0.2, -0.15) is 0 Å². The van der Waals surface area contributed by atoms with Gasteiger partial charge in [0.1, 0.15) is 5.75 Å². The highest BCUT2D eigenvalue weighted by Crippen LogP contribution is 2.19. The Morgan fingerprint density at radius 1 is 1.11 bits per heavy atom. The molecule has 0 amide bonds. The van der Waals surface area contributed by atoms with Gasteiger partial charge >= 0.3 is 0 Å². The van der Waals surface area contributed by atoms with Crippen LogP contribution in [0.5, 0.6) is 11.6 Å². The minimum absolute atomic E-state index is 0.480. The van der Waals surface area contributed by atoms with E-state index >= 15 is 0 Å². The van der Waals surface area contributed by atoms with Gasteiger partial charge < -0.3 is 9.47 Å². The summed E-state index contributed by atoms with van der Waals surface area (Å²) in [6, 6.07) is 7.47. The van der Waals surface area contributed by atoms with Crippen molar-refractivity contribution >= 4 is 11.9 Å². The summed E-state index contributed by atoms with van der Waals surface area (Å²) in [6.45, 7) is 0. The summed E-state index contributed by atoms with van der Waals surface area (Å²) in [4.78, 5) is 12.5. The third-order valence-electron chi connectivity index (χ3n) is 2.26. The average molecular weight is 243 g/mol. The molecule has 2 rings (SSSR count). The summed E-state index contributed by atoms with van der Waals surface area (Å²) in [6.07, 6.45) is 4.79. The van der Waals surface area contributed by atoms with E-state index in [9.17, 15) is 0 Å². The summed E-state index contributed by atoms with van der Waals surface area (Å²) < 4.78 is 10.0. The zero-order valence-corrected chi connectivity index (χ0v) is 10.2. The molecule has 18 heavy (non-hydrogen) atoms. The van der Waals surface area contributed by atoms with Crippen molar-refractivity contribution < 1.29 is 9.47 Å². The smallest absolute Gasteiger partial charge is 0.232 e. The van der Waals surface area contributed by atoms with Crippen molar-refractivity contribution in [1.82, 2.24) is 9.97 Å². The summed E-state index contributed by atoms with van der Waals surface area (Å²) in [5, 5.41) is 0. The summed E-state index contributed by atoms with van der Waals surface area (Å²) in [7, 11) is 3.17. The minimum atomic E-state index is 0.480. The second-order valence-electron chi connectivity index (χ2n) is 3.44. The van der Waals surface area contributed by atoms with Crippen molar-refractivity contribution in [2.24, 2.45) is 4.99 Å². The topological polar surface area (TPSA) is 56.6 Å². The van der Waals surface area contributed by atoms with Crippen molar-refractivity contribution in [2.75, 3.05) is 14.2 Å². The van der Waals surface area contributed by atoms with Crippen molar-refractivity contribution in [2.45, 2.75) is 0 Å². The molecule has 0 N–H and O–H groups in total. The first-order valence-electron chi connectivity index (χ1n) is 5.36. The molecule has 0 aliphatic heterocycles. The van der Waals surface area contributed by atoms with Gasteiger partial charge in [0.05, 0.1) is 44.2 Å². The van der Waals surface area contributed by atoms with Gasteiger partial charge in [0.25, 0.3) is 0 Å². The van der Waals surface area contributed by atoms with Gasteiger partial charge in [-0.25, -0.2) is 9.97 Å². The molecule has 5 nitrogen and oxygen atoms in total. The number of aliphatic imine (C=N–C) groups is 1. The molecule has 0 aliphatic carbocycles. The Morgan fingerprint density at radius 2 is 2.00 bits per heavy atom. The quantitative estimate of drug-likeness (QED) is 0.773. The van der Waals surface area contributed by atoms with Gasteiger partial charge in [-0.3, -0.25) is 4.99 Å². The van der Waals surface area contributed by atoms with Crippen molar-refractivity contribution in [1.29, 1.82) is 0 Å². The van der Waals surface area contributed by atoms with Crippen molar-refractivity contribution in [3.05, 3.63) is 42.4 Å². The van der Waals surface area contributed by atoms with E-state index in [4.69, 9.17) is 9.47 Å². The molecule has 0 saturated carbocycles. The predicted molar refractivity (Wildman–Crippen MR) is 68.8 cm³/mol. The van der Waals surface area contributed by atoms with Crippen LogP contribution in [-0.2, 0) is 0 Å². The molecular weight excluding hydrogens is 230 g/mol. The van der Waals surface area contributed by atoms with E-state index < -0.39 is 0 Å². The molecule has 0 radical (unpaired) electrons. The first-order chi connectivity index (χ1) is 8.81. The number of benzene rings is 1. The second kappa shape index (κ2) is 5.77. The number of nitrogens with zero attached hydrogens (tertiary/aromatic N) is 3. The van der Waals surface area contributed by atoms with Crippen LogP contribution in [0.2, 0.25) is 0 Å². The number of ether oxygens (including phenoxy) is 2. The van der Waals surface area contributed by atoms with Crippen LogP contribution in [-0.4, -0.2) is 30.4 Å². The Morgan fingerprint density at radius 3 is 2.67 bits per heavy atom. The van der Waals surface area contributed by atoms with Gasteiger partial charge in [-0.1, -0.05) is 6.07 Å². The molecule has 0 atom stereocenters. The van der Waals surface area contributed by atoms with E-state index in [1.807, 2.05) is 24.3 Å². The molecule has 92 valence electrons. The maximum absolute atomic E-state index is 5.12. The molecule has 0 spiro atoms. The van der Waals surface area contributed by atoms with Crippen LogP contribution in [0.25, 0.3) is 0 Å². The van der Waals surface area contributed by atoms with Crippen LogP contribution in [0.3, 0.4) is 0 Å². The van der Waals surface area contributed by atoms with Crippen LogP contribution in [0, 0.1) is 0 Å². The van der Waals surface area contributed by atoms with Crippen molar-refractivity contribution in [3.8, 4) is 11.6 Å². The summed E-state index contributed by atoms with van der Waals surface area (Å²) in [5.41, 5.74) is 1.46. The zero-order valence-electron chi connectivity index (χ0n) is 10.2. The lowest BCUT2D eigenvalue weighted by Crippen LogP contribution is -1.92. The molecule has 2 aromatic rings. The highest BCUT2D eigenvalue weighted by atomic mass is 16.5. The van der Waals surface area contributed by atoms with Crippen molar-refractivity contribution in [3.63, 3.8) is 0 Å². The Labute approximate surface area is 105 Å². The first-order valence-corrected chi connectivity index (χ1v) is 5.36. The van der Waals surface area contributed by atoms with Crippen LogP contribution >= 0.6 is 0 Å². The summed E-state index contributed by atoms with van der Waals surface area (Å²) in [5.74, 6) is 1.25. The maximum atomic E-state index is 5.12. The molecular formula is C13H13N3O2. The number of methoxy groups -OCH3 is 2. The highest BCUT2D eigenvalue weighted by molar-refractivity contribution is 5.79. The number of hydrogen-bond acceptors (Lipinski definition) is 5. The monoisotopic (exact) mass is 243 g/mol. The minimum Gasteiger partial charge on any atom is -0.497 e. The zero-order chi connectivity index (χ0) is 12.8. The summed E-state index contributed by atoms with van der Waals surface area (Å²) >= 11 is 0. The van der Waals surface area contributed by atoms with Gasteiger partial charge in [0, 0.05) is 6.07 Å². The van der Waals surface area contributed by atoms with E-state index in [-0.39, 0.29) is 0 Å². The Hall–Kier alpha value is -2.43. The van der Waals surface area contributed by atoms with E-state index in [0.29, 0.717) is 11.6 Å². The highest BCUT2D eigenvalue weighted by Gasteiger charge is 1.95. The lowest BCUT2D eigenvalue weighted by molar-refractivity contribution is 0.395. The lowest BCUT2D eigenvalue weighted by Gasteiger charge is -2.00. The Kier molecular flexibility index (Phi) is 3.86. The molecule has 0 fully saturated rings. The fraction of sp³-hybridized carbons (Fsp3) is 0.154. The van der Waals surface area contributed by atoms with Gasteiger partial charge in [0.2, 0.25) is 5.88 Å². The molecule has 0 unspecified atom stereocenters. The van der Waals surface area contributed by atoms with Crippen LogP contribution < -0.4 is 9.47 Å². The van der Waals surface area contributed by atoms with E-state index in [0.717, 1.165) is 11.4 Å². The van der Waals surface area contributed by atoms with Crippen LogP contribution in [0.1, 0.15) is 5.69 Å². The van der Waals surface area contributed by atoms with Gasteiger partial charge in [-0.15, -0.1) is 0 Å². The Balaban J connectivity index is 2.13. The number of aromatic nitrogens is 2. The molecule has 0 saturated heterocycles. The van der Waals surface area contributed by atoms with Gasteiger partial charge in [0.15, 0.2) is 0 Å². The van der Waals surface area contributed by atoms with Crippen LogP contribution in [0.15, 0.2) is 41.7 Å². The molecule has 1 aromatic heterocycles. The maximum Gasteiger partial charge on any atom is 0.232 e. The average Bonchev–Trinajstić information content (AvgIpc) is 2.46. The molecule has 0 bridgehead atoms. The van der Waals surface area contributed by atoms with E-state index in [1.165, 1.54) is 0 Å². The fourth-order valence-corrected chi connectivity index (χ4v) is 1.33. The molecule has 0 aliphatic rings. The normalized spacial score (nSPS) is 10.6. The van der Waals surface area contributed by atoms with E-state index in [2.05, 4.69) is 15.0 Å². The molecule has 1 aromatic carbocycles. The SMILES string of the molecule is COc1cccc(/N=C\c2cnc(OC)cn2)c1. The third-order valence-corrected chi connectivity index (χ3v) is 2.26. The number of hydrogen-bond donors (Lipinski definition) is 0. The molecule has 5 heteroatoms. The number of rotatable bonds is 4. The van der Waals surface area contributed by atoms with Gasteiger partial charge in [-0.05, 0) is 12.1 Å². The van der Waals surface area contributed by atoms with E-state index in [1.54, 1.807) is 32.8 Å².